The molecule has 0 aliphatic heterocycles. The highest BCUT2D eigenvalue weighted by molar-refractivity contribution is 5.33. The third-order valence-electron chi connectivity index (χ3n) is 2.42. The van der Waals surface area contributed by atoms with Crippen LogP contribution in [0.3, 0.4) is 0 Å². The quantitative estimate of drug-likeness (QED) is 0.784. The molecule has 1 aliphatic carbocycles. The molecule has 0 aromatic rings. The molecule has 0 fully saturated rings. The van der Waals surface area contributed by atoms with Crippen molar-refractivity contribution < 1.29 is 13.5 Å². The van der Waals surface area contributed by atoms with Crippen LogP contribution in [0, 0.1) is 0 Å². The number of halogens is 2. The van der Waals surface area contributed by atoms with Crippen molar-refractivity contribution in [3.8, 4) is 0 Å². The maximum atomic E-state index is 11.9. The second-order valence-electron chi connectivity index (χ2n) is 3.85. The average Bonchev–Trinajstić information content (AvgIpc) is 2.14. The Morgan fingerprint density at radius 1 is 1.60 bits per heavy atom. The molecule has 4 heteroatoms. The summed E-state index contributed by atoms with van der Waals surface area (Å²) in [6.07, 6.45) is 1.69. The van der Waals surface area contributed by atoms with Crippen LogP contribution in [0.15, 0.2) is 23.3 Å². The number of hydrogen-bond acceptors (Lipinski definition) is 2. The van der Waals surface area contributed by atoms with E-state index in [1.54, 1.807) is 6.08 Å². The summed E-state index contributed by atoms with van der Waals surface area (Å²) in [6.45, 7) is 3.36. The Morgan fingerprint density at radius 2 is 2.27 bits per heavy atom. The van der Waals surface area contributed by atoms with Crippen molar-refractivity contribution >= 4 is 0 Å². The summed E-state index contributed by atoms with van der Waals surface area (Å²) in [5.74, 6) is 0. The standard InChI is InChI=1S/C11H17F2NO/c1-7-5-9(15-6-11(12)13)3-4-10(7)8(2)14/h3-4,8-9,11H,5-6,14H2,1-2H3. The smallest absolute Gasteiger partial charge is 0.261 e. The second kappa shape index (κ2) is 5.37. The van der Waals surface area contributed by atoms with Crippen molar-refractivity contribution in [3.63, 3.8) is 0 Å². The van der Waals surface area contributed by atoms with Gasteiger partial charge >= 0.3 is 0 Å². The Morgan fingerprint density at radius 3 is 2.73 bits per heavy atom. The minimum absolute atomic E-state index is 0.0164. The van der Waals surface area contributed by atoms with Crippen LogP contribution in [-0.4, -0.2) is 25.2 Å². The van der Waals surface area contributed by atoms with Crippen molar-refractivity contribution in [1.29, 1.82) is 0 Å². The van der Waals surface area contributed by atoms with E-state index >= 15 is 0 Å². The molecule has 2 N–H and O–H groups in total. The lowest BCUT2D eigenvalue weighted by molar-refractivity contribution is -0.00706. The van der Waals surface area contributed by atoms with Gasteiger partial charge in [0.05, 0.1) is 6.10 Å². The number of rotatable bonds is 4. The molecule has 2 nitrogen and oxygen atoms in total. The van der Waals surface area contributed by atoms with Gasteiger partial charge in [0.1, 0.15) is 6.61 Å². The molecule has 2 atom stereocenters. The lowest BCUT2D eigenvalue weighted by Gasteiger charge is -2.22. The molecule has 0 bridgehead atoms. The van der Waals surface area contributed by atoms with Gasteiger partial charge in [-0.15, -0.1) is 0 Å². The fourth-order valence-corrected chi connectivity index (χ4v) is 1.69. The third-order valence-corrected chi connectivity index (χ3v) is 2.42. The summed E-state index contributed by atoms with van der Waals surface area (Å²) in [6, 6.07) is -0.0164. The first-order valence-electron chi connectivity index (χ1n) is 5.04. The van der Waals surface area contributed by atoms with Crippen LogP contribution in [0.2, 0.25) is 0 Å². The predicted molar refractivity (Wildman–Crippen MR) is 55.9 cm³/mol. The Labute approximate surface area is 88.8 Å². The van der Waals surface area contributed by atoms with E-state index in [1.165, 1.54) is 0 Å². The van der Waals surface area contributed by atoms with Crippen molar-refractivity contribution in [2.75, 3.05) is 6.61 Å². The largest absolute Gasteiger partial charge is 0.368 e. The zero-order chi connectivity index (χ0) is 11.4. The first-order chi connectivity index (χ1) is 7.00. The highest BCUT2D eigenvalue weighted by atomic mass is 19.3. The molecule has 0 aromatic heterocycles. The summed E-state index contributed by atoms with van der Waals surface area (Å²) in [5.41, 5.74) is 7.95. The normalized spacial score (nSPS) is 23.7. The molecular weight excluding hydrogens is 200 g/mol. The topological polar surface area (TPSA) is 35.2 Å². The first kappa shape index (κ1) is 12.3. The Bertz CT molecular complexity index is 272. The van der Waals surface area contributed by atoms with Crippen LogP contribution in [0.4, 0.5) is 8.78 Å². The number of ether oxygens (including phenoxy) is 1. The summed E-state index contributed by atoms with van der Waals surface area (Å²) in [4.78, 5) is 0. The molecular formula is C11H17F2NO. The van der Waals surface area contributed by atoms with E-state index in [2.05, 4.69) is 0 Å². The van der Waals surface area contributed by atoms with Gasteiger partial charge in [0, 0.05) is 6.04 Å². The van der Waals surface area contributed by atoms with Gasteiger partial charge in [-0.1, -0.05) is 17.7 Å². The lowest BCUT2D eigenvalue weighted by Crippen LogP contribution is -2.24. The molecule has 0 radical (unpaired) electrons. The Kier molecular flexibility index (Phi) is 4.42. The van der Waals surface area contributed by atoms with Gasteiger partial charge in [0.2, 0.25) is 0 Å². The summed E-state index contributed by atoms with van der Waals surface area (Å²) in [5, 5.41) is 0. The van der Waals surface area contributed by atoms with Crippen molar-refractivity contribution in [2.45, 2.75) is 38.8 Å². The highest BCUT2D eigenvalue weighted by Crippen LogP contribution is 2.22. The summed E-state index contributed by atoms with van der Waals surface area (Å²) >= 11 is 0. The Balaban J connectivity index is 2.50. The number of alkyl halides is 2. The second-order valence-corrected chi connectivity index (χ2v) is 3.85. The third kappa shape index (κ3) is 3.72. The monoisotopic (exact) mass is 217 g/mol. The Hall–Kier alpha value is -0.740. The maximum absolute atomic E-state index is 11.9. The van der Waals surface area contributed by atoms with E-state index < -0.39 is 13.0 Å². The molecule has 0 saturated heterocycles. The zero-order valence-electron chi connectivity index (χ0n) is 9.04. The van der Waals surface area contributed by atoms with Gasteiger partial charge in [-0.2, -0.15) is 0 Å². The molecule has 2 unspecified atom stereocenters. The summed E-state index contributed by atoms with van der Waals surface area (Å²) < 4.78 is 28.9. The van der Waals surface area contributed by atoms with Crippen molar-refractivity contribution in [2.24, 2.45) is 5.73 Å². The van der Waals surface area contributed by atoms with Crippen LogP contribution < -0.4 is 5.73 Å². The maximum Gasteiger partial charge on any atom is 0.261 e. The van der Waals surface area contributed by atoms with Crippen molar-refractivity contribution in [3.05, 3.63) is 23.3 Å². The lowest BCUT2D eigenvalue weighted by atomic mass is 9.93. The molecule has 15 heavy (non-hydrogen) atoms. The van der Waals surface area contributed by atoms with E-state index in [1.807, 2.05) is 19.9 Å². The first-order valence-corrected chi connectivity index (χ1v) is 5.04. The van der Waals surface area contributed by atoms with Gasteiger partial charge in [0.25, 0.3) is 6.43 Å². The van der Waals surface area contributed by atoms with Crippen molar-refractivity contribution in [1.82, 2.24) is 0 Å². The molecule has 1 rings (SSSR count). The number of nitrogens with two attached hydrogens (primary N) is 1. The summed E-state index contributed by atoms with van der Waals surface area (Å²) in [7, 11) is 0. The molecule has 1 aliphatic rings. The molecule has 0 spiro atoms. The molecule has 0 amide bonds. The number of hydrogen-bond donors (Lipinski definition) is 1. The van der Waals surface area contributed by atoms with Crippen LogP contribution in [0.5, 0.6) is 0 Å². The van der Waals surface area contributed by atoms with Crippen LogP contribution in [-0.2, 0) is 4.74 Å². The van der Waals surface area contributed by atoms with Gasteiger partial charge in [-0.3, -0.25) is 0 Å². The average molecular weight is 217 g/mol. The van der Waals surface area contributed by atoms with E-state index in [9.17, 15) is 8.78 Å². The SMILES string of the molecule is CC1=C(C(C)N)C=CC(OCC(F)F)C1. The van der Waals surface area contributed by atoms with Crippen LogP contribution in [0.1, 0.15) is 20.3 Å². The van der Waals surface area contributed by atoms with Crippen LogP contribution in [0.25, 0.3) is 0 Å². The van der Waals surface area contributed by atoms with E-state index in [0.29, 0.717) is 6.42 Å². The zero-order valence-corrected chi connectivity index (χ0v) is 9.04. The fraction of sp³-hybridized carbons (Fsp3) is 0.636. The van der Waals surface area contributed by atoms with Gasteiger partial charge < -0.3 is 10.5 Å². The molecule has 0 heterocycles. The van der Waals surface area contributed by atoms with E-state index in [0.717, 1.165) is 11.1 Å². The molecule has 0 aromatic carbocycles. The van der Waals surface area contributed by atoms with Gasteiger partial charge in [-0.05, 0) is 25.8 Å². The highest BCUT2D eigenvalue weighted by Gasteiger charge is 2.17. The molecule has 0 saturated carbocycles. The van der Waals surface area contributed by atoms with E-state index in [-0.39, 0.29) is 12.1 Å². The predicted octanol–water partition coefficient (Wildman–Crippen LogP) is 2.26. The van der Waals surface area contributed by atoms with Gasteiger partial charge in [-0.25, -0.2) is 8.78 Å². The molecule has 86 valence electrons. The van der Waals surface area contributed by atoms with Crippen LogP contribution >= 0.6 is 0 Å². The minimum Gasteiger partial charge on any atom is -0.368 e. The minimum atomic E-state index is -2.41. The van der Waals surface area contributed by atoms with Gasteiger partial charge in [0.15, 0.2) is 0 Å². The fourth-order valence-electron chi connectivity index (χ4n) is 1.69. The van der Waals surface area contributed by atoms with E-state index in [4.69, 9.17) is 10.5 Å².